The quantitative estimate of drug-likeness (QED) is 0.732. The summed E-state index contributed by atoms with van der Waals surface area (Å²) in [6, 6.07) is 18.2. The number of pyridine rings is 1. The van der Waals surface area contributed by atoms with Crippen LogP contribution in [0.5, 0.6) is 0 Å². The number of anilines is 2. The van der Waals surface area contributed by atoms with Crippen molar-refractivity contribution in [2.75, 3.05) is 23.3 Å². The standard InChI is InChI=1S/C22H25N5/c1-17-8-7-13-27(16-17)21-14-20(24-15-19-11-5-6-12-23-19)25-22(26-21)18-9-3-2-4-10-18/h2-6,9-12,14,17H,7-8,13,15-16H2,1H3,(H,24,25,26). The summed E-state index contributed by atoms with van der Waals surface area (Å²) >= 11 is 0. The summed E-state index contributed by atoms with van der Waals surface area (Å²) in [6.07, 6.45) is 4.31. The summed E-state index contributed by atoms with van der Waals surface area (Å²) in [7, 11) is 0. The van der Waals surface area contributed by atoms with E-state index in [0.29, 0.717) is 12.5 Å². The van der Waals surface area contributed by atoms with E-state index in [1.807, 2.05) is 42.6 Å². The highest BCUT2D eigenvalue weighted by Crippen LogP contribution is 2.26. The molecular formula is C22H25N5. The Morgan fingerprint density at radius 3 is 2.70 bits per heavy atom. The minimum atomic E-state index is 0.641. The second-order valence-corrected chi connectivity index (χ2v) is 7.17. The molecule has 1 unspecified atom stereocenters. The van der Waals surface area contributed by atoms with Gasteiger partial charge in [-0.3, -0.25) is 4.98 Å². The van der Waals surface area contributed by atoms with Crippen LogP contribution in [-0.2, 0) is 6.54 Å². The zero-order valence-corrected chi connectivity index (χ0v) is 15.7. The van der Waals surface area contributed by atoms with Gasteiger partial charge in [0.25, 0.3) is 0 Å². The van der Waals surface area contributed by atoms with Gasteiger partial charge in [0.1, 0.15) is 11.6 Å². The number of rotatable bonds is 5. The first-order valence-electron chi connectivity index (χ1n) is 9.61. The summed E-state index contributed by atoms with van der Waals surface area (Å²) in [5.41, 5.74) is 2.02. The van der Waals surface area contributed by atoms with Crippen LogP contribution in [-0.4, -0.2) is 28.0 Å². The number of nitrogens with zero attached hydrogens (tertiary/aromatic N) is 4. The lowest BCUT2D eigenvalue weighted by Gasteiger charge is -2.32. The molecule has 0 amide bonds. The predicted molar refractivity (Wildman–Crippen MR) is 110 cm³/mol. The highest BCUT2D eigenvalue weighted by atomic mass is 15.2. The molecule has 5 nitrogen and oxygen atoms in total. The lowest BCUT2D eigenvalue weighted by atomic mass is 10.0. The van der Waals surface area contributed by atoms with E-state index in [4.69, 9.17) is 9.97 Å². The Kier molecular flexibility index (Phi) is 5.28. The van der Waals surface area contributed by atoms with E-state index in [9.17, 15) is 0 Å². The van der Waals surface area contributed by atoms with Crippen LogP contribution in [0.25, 0.3) is 11.4 Å². The fourth-order valence-electron chi connectivity index (χ4n) is 3.48. The van der Waals surface area contributed by atoms with Crippen molar-refractivity contribution < 1.29 is 0 Å². The maximum absolute atomic E-state index is 4.88. The molecule has 1 atom stereocenters. The average molecular weight is 359 g/mol. The van der Waals surface area contributed by atoms with Gasteiger partial charge < -0.3 is 10.2 Å². The zero-order chi connectivity index (χ0) is 18.5. The van der Waals surface area contributed by atoms with E-state index in [1.165, 1.54) is 12.8 Å². The molecule has 5 heteroatoms. The van der Waals surface area contributed by atoms with Gasteiger partial charge in [-0.15, -0.1) is 0 Å². The Balaban J connectivity index is 1.63. The van der Waals surface area contributed by atoms with Crippen molar-refractivity contribution in [1.82, 2.24) is 15.0 Å². The first-order valence-corrected chi connectivity index (χ1v) is 9.61. The van der Waals surface area contributed by atoms with Crippen LogP contribution >= 0.6 is 0 Å². The molecular weight excluding hydrogens is 334 g/mol. The van der Waals surface area contributed by atoms with Crippen molar-refractivity contribution in [3.8, 4) is 11.4 Å². The maximum Gasteiger partial charge on any atom is 0.163 e. The number of piperidine rings is 1. The first kappa shape index (κ1) is 17.5. The molecule has 1 aliphatic heterocycles. The molecule has 0 radical (unpaired) electrons. The Morgan fingerprint density at radius 2 is 1.93 bits per heavy atom. The third kappa shape index (κ3) is 4.42. The van der Waals surface area contributed by atoms with Crippen LogP contribution in [0.4, 0.5) is 11.6 Å². The first-order chi connectivity index (χ1) is 13.3. The molecule has 1 aromatic carbocycles. The van der Waals surface area contributed by atoms with Crippen LogP contribution in [0.1, 0.15) is 25.5 Å². The number of aromatic nitrogens is 3. The van der Waals surface area contributed by atoms with Crippen molar-refractivity contribution >= 4 is 11.6 Å². The molecule has 3 heterocycles. The molecule has 27 heavy (non-hydrogen) atoms. The van der Waals surface area contributed by atoms with E-state index in [1.54, 1.807) is 0 Å². The van der Waals surface area contributed by atoms with Crippen LogP contribution in [0.15, 0.2) is 60.8 Å². The van der Waals surface area contributed by atoms with Crippen LogP contribution < -0.4 is 10.2 Å². The SMILES string of the molecule is CC1CCCN(c2cc(NCc3ccccn3)nc(-c3ccccc3)n2)C1. The lowest BCUT2D eigenvalue weighted by Crippen LogP contribution is -2.35. The molecule has 1 fully saturated rings. The van der Waals surface area contributed by atoms with E-state index >= 15 is 0 Å². The normalized spacial score (nSPS) is 16.9. The van der Waals surface area contributed by atoms with E-state index < -0.39 is 0 Å². The predicted octanol–water partition coefficient (Wildman–Crippen LogP) is 4.39. The van der Waals surface area contributed by atoms with Crippen molar-refractivity contribution in [2.24, 2.45) is 5.92 Å². The molecule has 0 saturated carbocycles. The molecule has 2 aromatic heterocycles. The number of hydrogen-bond acceptors (Lipinski definition) is 5. The molecule has 4 rings (SSSR count). The molecule has 1 aliphatic rings. The monoisotopic (exact) mass is 359 g/mol. The second-order valence-electron chi connectivity index (χ2n) is 7.17. The molecule has 0 bridgehead atoms. The number of hydrogen-bond donors (Lipinski definition) is 1. The van der Waals surface area contributed by atoms with Gasteiger partial charge in [-0.1, -0.05) is 43.3 Å². The Hall–Kier alpha value is -2.95. The van der Waals surface area contributed by atoms with E-state index in [-0.39, 0.29) is 0 Å². The fraction of sp³-hybridized carbons (Fsp3) is 0.318. The summed E-state index contributed by atoms with van der Waals surface area (Å²) in [6.45, 7) is 5.05. The van der Waals surface area contributed by atoms with Gasteiger partial charge >= 0.3 is 0 Å². The highest BCUT2D eigenvalue weighted by molar-refractivity contribution is 5.61. The largest absolute Gasteiger partial charge is 0.364 e. The van der Waals surface area contributed by atoms with Gasteiger partial charge in [0, 0.05) is 30.9 Å². The van der Waals surface area contributed by atoms with Crippen molar-refractivity contribution in [3.63, 3.8) is 0 Å². The Labute approximate surface area is 160 Å². The van der Waals surface area contributed by atoms with Gasteiger partial charge in [-0.25, -0.2) is 9.97 Å². The van der Waals surface area contributed by atoms with Gasteiger partial charge in [-0.05, 0) is 30.9 Å². The lowest BCUT2D eigenvalue weighted by molar-refractivity contribution is 0.444. The van der Waals surface area contributed by atoms with Gasteiger partial charge in [-0.2, -0.15) is 0 Å². The average Bonchev–Trinajstić information content (AvgIpc) is 2.73. The van der Waals surface area contributed by atoms with Crippen molar-refractivity contribution in [2.45, 2.75) is 26.3 Å². The maximum atomic E-state index is 4.88. The third-order valence-electron chi connectivity index (χ3n) is 4.90. The molecule has 1 saturated heterocycles. The third-order valence-corrected chi connectivity index (χ3v) is 4.90. The van der Waals surface area contributed by atoms with Gasteiger partial charge in [0.05, 0.1) is 12.2 Å². The van der Waals surface area contributed by atoms with Crippen LogP contribution in [0, 0.1) is 5.92 Å². The van der Waals surface area contributed by atoms with Gasteiger partial charge in [0.2, 0.25) is 0 Å². The van der Waals surface area contributed by atoms with E-state index in [2.05, 4.69) is 40.3 Å². The Bertz CT molecular complexity index is 866. The van der Waals surface area contributed by atoms with Crippen molar-refractivity contribution in [1.29, 1.82) is 0 Å². The minimum Gasteiger partial charge on any atom is -0.364 e. The van der Waals surface area contributed by atoms with Crippen LogP contribution in [0.3, 0.4) is 0 Å². The van der Waals surface area contributed by atoms with Gasteiger partial charge in [0.15, 0.2) is 5.82 Å². The molecule has 3 aromatic rings. The summed E-state index contributed by atoms with van der Waals surface area (Å²) in [5.74, 6) is 3.29. The number of benzene rings is 1. The smallest absolute Gasteiger partial charge is 0.163 e. The molecule has 138 valence electrons. The summed E-state index contributed by atoms with van der Waals surface area (Å²) < 4.78 is 0. The fourth-order valence-corrected chi connectivity index (χ4v) is 3.48. The van der Waals surface area contributed by atoms with E-state index in [0.717, 1.165) is 41.8 Å². The molecule has 0 spiro atoms. The van der Waals surface area contributed by atoms with Crippen molar-refractivity contribution in [3.05, 3.63) is 66.5 Å². The molecule has 1 N–H and O–H groups in total. The molecule has 0 aliphatic carbocycles. The topological polar surface area (TPSA) is 53.9 Å². The number of nitrogens with one attached hydrogen (secondary N) is 1. The Morgan fingerprint density at radius 1 is 1.07 bits per heavy atom. The zero-order valence-electron chi connectivity index (χ0n) is 15.7. The highest BCUT2D eigenvalue weighted by Gasteiger charge is 2.19. The summed E-state index contributed by atoms with van der Waals surface area (Å²) in [4.78, 5) is 16.4. The summed E-state index contributed by atoms with van der Waals surface area (Å²) in [5, 5.41) is 3.42. The second kappa shape index (κ2) is 8.16. The minimum absolute atomic E-state index is 0.641. The van der Waals surface area contributed by atoms with Crippen LogP contribution in [0.2, 0.25) is 0 Å².